The lowest BCUT2D eigenvalue weighted by atomic mass is 10.1. The van der Waals surface area contributed by atoms with Crippen molar-refractivity contribution in [2.45, 2.75) is 109 Å². The fraction of sp³-hybridized carbons (Fsp3) is 0.958. The van der Waals surface area contributed by atoms with Crippen LogP contribution in [-0.4, -0.2) is 60.8 Å². The maximum Gasteiger partial charge on any atom is 0.222 e. The number of nitrogens with zero attached hydrogens (tertiary/aromatic N) is 2. The van der Waals surface area contributed by atoms with E-state index >= 15 is 0 Å². The van der Waals surface area contributed by atoms with Crippen molar-refractivity contribution in [1.29, 1.82) is 0 Å². The number of likely N-dealkylation sites (tertiary alicyclic amines) is 2. The Hall–Kier alpha value is -0.650. The third-order valence-corrected chi connectivity index (χ3v) is 6.72. The van der Waals surface area contributed by atoms with Crippen LogP contribution >= 0.6 is 0 Å². The van der Waals surface area contributed by atoms with Crippen LogP contribution in [0.15, 0.2) is 0 Å². The number of quaternary nitrogens is 1. The van der Waals surface area contributed by atoms with Crippen LogP contribution in [0, 0.1) is 0 Å². The van der Waals surface area contributed by atoms with E-state index < -0.39 is 0 Å². The van der Waals surface area contributed by atoms with Crippen LogP contribution in [0.3, 0.4) is 0 Å². The van der Waals surface area contributed by atoms with E-state index in [-0.39, 0.29) is 6.10 Å². The summed E-state index contributed by atoms with van der Waals surface area (Å²) in [4.78, 5) is 14.1. The highest BCUT2D eigenvalue weighted by atomic mass is 16.5. The second-order valence-electron chi connectivity index (χ2n) is 9.53. The quantitative estimate of drug-likeness (QED) is 0.226. The molecule has 2 saturated heterocycles. The Morgan fingerprint density at radius 1 is 0.931 bits per heavy atom. The first-order valence-electron chi connectivity index (χ1n) is 12.7. The Morgan fingerprint density at radius 2 is 1.55 bits per heavy atom. The van der Waals surface area contributed by atoms with Crippen molar-refractivity contribution in [2.75, 3.05) is 39.3 Å². The van der Waals surface area contributed by atoms with E-state index in [4.69, 9.17) is 10.6 Å². The summed E-state index contributed by atoms with van der Waals surface area (Å²) in [6, 6.07) is 0. The number of unbranched alkanes of at least 4 members (excludes halogenated alkanes) is 9. The van der Waals surface area contributed by atoms with Gasteiger partial charge in [-0.05, 0) is 32.1 Å². The molecule has 5 nitrogen and oxygen atoms in total. The van der Waals surface area contributed by atoms with Gasteiger partial charge in [0.2, 0.25) is 5.91 Å². The Morgan fingerprint density at radius 3 is 2.14 bits per heavy atom. The van der Waals surface area contributed by atoms with E-state index in [9.17, 15) is 4.79 Å². The summed E-state index contributed by atoms with van der Waals surface area (Å²) in [6.07, 6.45) is 18.9. The predicted octanol–water partition coefficient (Wildman–Crippen LogP) is 4.79. The van der Waals surface area contributed by atoms with Crippen LogP contribution in [-0.2, 0) is 9.53 Å². The summed E-state index contributed by atoms with van der Waals surface area (Å²) >= 11 is 0. The lowest BCUT2D eigenvalue weighted by molar-refractivity contribution is -0.946. The van der Waals surface area contributed by atoms with Gasteiger partial charge >= 0.3 is 0 Å². The molecule has 0 aromatic rings. The number of ether oxygens (including phenoxy) is 1. The van der Waals surface area contributed by atoms with Gasteiger partial charge in [-0.25, -0.2) is 4.59 Å². The van der Waals surface area contributed by atoms with Gasteiger partial charge in [0.15, 0.2) is 0 Å². The number of rotatable bonds is 16. The molecule has 0 aromatic carbocycles. The van der Waals surface area contributed by atoms with Crippen molar-refractivity contribution in [2.24, 2.45) is 5.84 Å². The second kappa shape index (κ2) is 14.4. The largest absolute Gasteiger partial charge is 0.370 e. The Bertz CT molecular complexity index is 438. The van der Waals surface area contributed by atoms with Crippen LogP contribution in [0.4, 0.5) is 0 Å². The maximum absolute atomic E-state index is 12.1. The first-order valence-corrected chi connectivity index (χ1v) is 12.7. The van der Waals surface area contributed by atoms with Gasteiger partial charge in [-0.15, -0.1) is 0 Å². The molecule has 5 heteroatoms. The zero-order valence-corrected chi connectivity index (χ0v) is 19.2. The molecule has 0 radical (unpaired) electrons. The molecule has 1 unspecified atom stereocenters. The van der Waals surface area contributed by atoms with Gasteiger partial charge in [0.1, 0.15) is 12.6 Å². The average molecular weight is 411 g/mol. The Labute approximate surface area is 179 Å². The molecule has 1 amide bonds. The monoisotopic (exact) mass is 410 g/mol. The lowest BCUT2D eigenvalue weighted by Crippen LogP contribution is -2.61. The van der Waals surface area contributed by atoms with E-state index in [0.29, 0.717) is 16.9 Å². The summed E-state index contributed by atoms with van der Waals surface area (Å²) in [7, 11) is 0. The number of carbonyl (C=O) groups excluding carboxylic acids is 1. The second-order valence-corrected chi connectivity index (χ2v) is 9.53. The standard InChI is InChI=1S/C24H48N3O2/c1-2-3-4-5-6-7-8-9-10-14-20-29-23(21-26-17-15-16-24(26)28)22-27(25)18-12-11-13-19-27/h23H,2-22,25H2,1H3/q+1. The van der Waals surface area contributed by atoms with Gasteiger partial charge in [0, 0.05) is 19.6 Å². The van der Waals surface area contributed by atoms with E-state index in [0.717, 1.165) is 52.2 Å². The van der Waals surface area contributed by atoms with Gasteiger partial charge < -0.3 is 9.64 Å². The summed E-state index contributed by atoms with van der Waals surface area (Å²) in [5.74, 6) is 6.94. The van der Waals surface area contributed by atoms with Crippen molar-refractivity contribution in [3.8, 4) is 0 Å². The van der Waals surface area contributed by atoms with E-state index in [1.807, 2.05) is 4.90 Å². The zero-order chi connectivity index (χ0) is 20.8. The van der Waals surface area contributed by atoms with Crippen molar-refractivity contribution in [3.63, 3.8) is 0 Å². The normalized spacial score (nSPS) is 20.3. The summed E-state index contributed by atoms with van der Waals surface area (Å²) < 4.78 is 6.93. The third-order valence-electron chi connectivity index (χ3n) is 6.72. The summed E-state index contributed by atoms with van der Waals surface area (Å²) in [5.41, 5.74) is 0. The molecule has 2 N–H and O–H groups in total. The average Bonchev–Trinajstić information content (AvgIpc) is 3.10. The zero-order valence-electron chi connectivity index (χ0n) is 19.2. The van der Waals surface area contributed by atoms with Gasteiger partial charge in [-0.3, -0.25) is 4.79 Å². The molecule has 170 valence electrons. The van der Waals surface area contributed by atoms with Crippen molar-refractivity contribution < 1.29 is 14.1 Å². The van der Waals surface area contributed by atoms with E-state index in [1.165, 1.54) is 77.0 Å². The molecule has 2 aliphatic heterocycles. The first-order chi connectivity index (χ1) is 14.1. The number of nitrogens with two attached hydrogens (primary N) is 1. The highest BCUT2D eigenvalue weighted by Gasteiger charge is 2.33. The van der Waals surface area contributed by atoms with Crippen molar-refractivity contribution >= 4 is 5.91 Å². The van der Waals surface area contributed by atoms with Crippen LogP contribution in [0.1, 0.15) is 103 Å². The molecule has 0 spiro atoms. The molecule has 2 rings (SSSR count). The smallest absolute Gasteiger partial charge is 0.222 e. The minimum absolute atomic E-state index is 0.0821. The highest BCUT2D eigenvalue weighted by molar-refractivity contribution is 5.78. The summed E-state index contributed by atoms with van der Waals surface area (Å²) in [6.45, 7) is 7.65. The Balaban J connectivity index is 1.61. The lowest BCUT2D eigenvalue weighted by Gasteiger charge is -2.39. The molecule has 0 saturated carbocycles. The van der Waals surface area contributed by atoms with Gasteiger partial charge in [0.05, 0.1) is 19.6 Å². The third kappa shape index (κ3) is 10.3. The fourth-order valence-electron chi connectivity index (χ4n) is 4.88. The molecular formula is C24H48N3O2+. The molecule has 2 aliphatic rings. The molecule has 0 aromatic heterocycles. The van der Waals surface area contributed by atoms with Gasteiger partial charge in [0.25, 0.3) is 0 Å². The molecule has 1 atom stereocenters. The molecule has 0 bridgehead atoms. The molecule has 2 heterocycles. The molecule has 0 aliphatic carbocycles. The highest BCUT2D eigenvalue weighted by Crippen LogP contribution is 2.18. The number of amides is 1. The SMILES string of the molecule is CCCCCCCCCCCCOC(CN1CCCC1=O)C[N+]1(N)CCCCC1. The number of hydrogen-bond acceptors (Lipinski definition) is 3. The molecule has 2 fully saturated rings. The van der Waals surface area contributed by atoms with Crippen LogP contribution in [0.2, 0.25) is 0 Å². The van der Waals surface area contributed by atoms with Gasteiger partial charge in [-0.1, -0.05) is 64.7 Å². The number of hydrogen-bond donors (Lipinski definition) is 1. The summed E-state index contributed by atoms with van der Waals surface area (Å²) in [5, 5.41) is 0. The van der Waals surface area contributed by atoms with Crippen molar-refractivity contribution in [1.82, 2.24) is 4.90 Å². The maximum atomic E-state index is 12.1. The van der Waals surface area contributed by atoms with E-state index in [2.05, 4.69) is 6.92 Å². The van der Waals surface area contributed by atoms with E-state index in [1.54, 1.807) is 0 Å². The van der Waals surface area contributed by atoms with Gasteiger partial charge in [-0.2, -0.15) is 5.84 Å². The number of piperidine rings is 1. The molecule has 29 heavy (non-hydrogen) atoms. The number of carbonyl (C=O) groups is 1. The minimum Gasteiger partial charge on any atom is -0.370 e. The topological polar surface area (TPSA) is 55.6 Å². The first kappa shape index (κ1) is 24.6. The van der Waals surface area contributed by atoms with Crippen LogP contribution in [0.5, 0.6) is 0 Å². The predicted molar refractivity (Wildman–Crippen MR) is 120 cm³/mol. The van der Waals surface area contributed by atoms with Crippen molar-refractivity contribution in [3.05, 3.63) is 0 Å². The van der Waals surface area contributed by atoms with Crippen LogP contribution < -0.4 is 5.84 Å². The molecular weight excluding hydrogens is 362 g/mol. The van der Waals surface area contributed by atoms with Crippen LogP contribution in [0.25, 0.3) is 0 Å². The Kier molecular flexibility index (Phi) is 12.2. The fourth-order valence-corrected chi connectivity index (χ4v) is 4.88. The minimum atomic E-state index is 0.0821.